The fraction of sp³-hybridized carbons (Fsp3) is 0.357. The van der Waals surface area contributed by atoms with Crippen LogP contribution < -0.4 is 0 Å². The summed E-state index contributed by atoms with van der Waals surface area (Å²) in [4.78, 5) is 16.4. The molecule has 1 heterocycles. The van der Waals surface area contributed by atoms with Gasteiger partial charge in [-0.15, -0.1) is 0 Å². The third kappa shape index (κ3) is 2.87. The van der Waals surface area contributed by atoms with E-state index in [1.54, 1.807) is 19.0 Å². The highest BCUT2D eigenvalue weighted by Crippen LogP contribution is 2.17. The largest absolute Gasteiger partial charge is 0.351 e. The summed E-state index contributed by atoms with van der Waals surface area (Å²) in [7, 11) is 3.50. The van der Waals surface area contributed by atoms with Crippen molar-refractivity contribution in [2.45, 2.75) is 20.8 Å². The van der Waals surface area contributed by atoms with Gasteiger partial charge in [0.15, 0.2) is 0 Å². The first-order valence-electron chi connectivity index (χ1n) is 5.89. The van der Waals surface area contributed by atoms with Crippen LogP contribution in [0.5, 0.6) is 0 Å². The molecule has 0 spiro atoms. The van der Waals surface area contributed by atoms with E-state index in [2.05, 4.69) is 11.1 Å². The van der Waals surface area contributed by atoms with Crippen LogP contribution in [0.15, 0.2) is 24.3 Å². The summed E-state index contributed by atoms with van der Waals surface area (Å²) in [6, 6.07) is 7.99. The number of amides is 1. The van der Waals surface area contributed by atoms with Crippen LogP contribution in [0.4, 0.5) is 0 Å². The van der Waals surface area contributed by atoms with E-state index in [4.69, 9.17) is 0 Å². The van der Waals surface area contributed by atoms with Gasteiger partial charge in [0.1, 0.15) is 5.69 Å². The molecule has 1 aromatic heterocycles. The minimum Gasteiger partial charge on any atom is -0.351 e. The number of nitrogens with one attached hydrogen (secondary N) is 1. The predicted molar refractivity (Wildman–Crippen MR) is 72.4 cm³/mol. The van der Waals surface area contributed by atoms with E-state index in [1.165, 1.54) is 5.56 Å². The van der Waals surface area contributed by atoms with Crippen LogP contribution in [-0.2, 0) is 0 Å². The maximum atomic E-state index is 11.7. The second-order valence-electron chi connectivity index (χ2n) is 3.97. The summed E-state index contributed by atoms with van der Waals surface area (Å²) in [5, 5.41) is 1.08. The number of aryl methyl sites for hydroxylation is 1. The number of carbonyl (C=O) groups is 1. The van der Waals surface area contributed by atoms with Crippen molar-refractivity contribution in [3.8, 4) is 0 Å². The number of aromatic nitrogens is 1. The molecule has 0 aliphatic rings. The van der Waals surface area contributed by atoms with Gasteiger partial charge in [0.25, 0.3) is 5.91 Å². The standard InChI is InChI=1S/C12H14N2O.C2H6/c1-8-4-5-10-9(6-8)7-11(13-10)12(15)14(2)3;1-2/h4-7,13H,1-3H3;1-2H3. The molecule has 0 fully saturated rings. The minimum absolute atomic E-state index is 0.00357. The highest BCUT2D eigenvalue weighted by Gasteiger charge is 2.10. The summed E-state index contributed by atoms with van der Waals surface area (Å²) in [6.07, 6.45) is 0. The Labute approximate surface area is 102 Å². The number of carbonyl (C=O) groups excluding carboxylic acids is 1. The Morgan fingerprint density at radius 1 is 1.18 bits per heavy atom. The molecule has 0 aliphatic heterocycles. The smallest absolute Gasteiger partial charge is 0.269 e. The summed E-state index contributed by atoms with van der Waals surface area (Å²) in [5.41, 5.74) is 2.84. The van der Waals surface area contributed by atoms with Crippen molar-refractivity contribution in [3.05, 3.63) is 35.5 Å². The summed E-state index contributed by atoms with van der Waals surface area (Å²) in [6.45, 7) is 6.04. The van der Waals surface area contributed by atoms with Gasteiger partial charge in [-0.3, -0.25) is 4.79 Å². The Bertz CT molecular complexity index is 512. The topological polar surface area (TPSA) is 36.1 Å². The molecule has 17 heavy (non-hydrogen) atoms. The van der Waals surface area contributed by atoms with E-state index >= 15 is 0 Å². The summed E-state index contributed by atoms with van der Waals surface area (Å²) >= 11 is 0. The molecular formula is C14H20N2O. The summed E-state index contributed by atoms with van der Waals surface area (Å²) in [5.74, 6) is 0.00357. The second-order valence-corrected chi connectivity index (χ2v) is 3.97. The third-order valence-corrected chi connectivity index (χ3v) is 2.41. The van der Waals surface area contributed by atoms with E-state index < -0.39 is 0 Å². The Morgan fingerprint density at radius 3 is 2.41 bits per heavy atom. The zero-order valence-corrected chi connectivity index (χ0v) is 11.2. The van der Waals surface area contributed by atoms with Crippen LogP contribution in [0.2, 0.25) is 0 Å². The number of hydrogen-bond acceptors (Lipinski definition) is 1. The van der Waals surface area contributed by atoms with Gasteiger partial charge in [-0.1, -0.05) is 25.5 Å². The van der Waals surface area contributed by atoms with Gasteiger partial charge in [0, 0.05) is 25.0 Å². The quantitative estimate of drug-likeness (QED) is 0.805. The Hall–Kier alpha value is -1.77. The van der Waals surface area contributed by atoms with Crippen molar-refractivity contribution < 1.29 is 4.79 Å². The fourth-order valence-electron chi connectivity index (χ4n) is 1.61. The normalized spacial score (nSPS) is 9.71. The molecule has 0 saturated carbocycles. The molecule has 0 atom stereocenters. The van der Waals surface area contributed by atoms with Gasteiger partial charge in [-0.25, -0.2) is 0 Å². The molecule has 1 N–H and O–H groups in total. The van der Waals surface area contributed by atoms with Crippen molar-refractivity contribution in [1.29, 1.82) is 0 Å². The Kier molecular flexibility index (Phi) is 4.32. The maximum absolute atomic E-state index is 11.7. The Balaban J connectivity index is 0.000000686. The van der Waals surface area contributed by atoms with E-state index in [9.17, 15) is 4.79 Å². The van der Waals surface area contributed by atoms with Crippen molar-refractivity contribution >= 4 is 16.8 Å². The van der Waals surface area contributed by atoms with Crippen molar-refractivity contribution in [3.63, 3.8) is 0 Å². The van der Waals surface area contributed by atoms with Gasteiger partial charge in [-0.05, 0) is 25.1 Å². The van der Waals surface area contributed by atoms with Gasteiger partial charge in [-0.2, -0.15) is 0 Å². The fourth-order valence-corrected chi connectivity index (χ4v) is 1.61. The number of fused-ring (bicyclic) bond motifs is 1. The number of hydrogen-bond donors (Lipinski definition) is 1. The SMILES string of the molecule is CC.Cc1ccc2[nH]c(C(=O)N(C)C)cc2c1. The first-order chi connectivity index (χ1) is 8.08. The zero-order chi connectivity index (χ0) is 13.0. The second kappa shape index (κ2) is 5.53. The highest BCUT2D eigenvalue weighted by atomic mass is 16.2. The molecule has 0 radical (unpaired) electrons. The lowest BCUT2D eigenvalue weighted by Crippen LogP contribution is -2.21. The molecule has 3 heteroatoms. The molecule has 0 saturated heterocycles. The maximum Gasteiger partial charge on any atom is 0.269 e. The monoisotopic (exact) mass is 232 g/mol. The lowest BCUT2D eigenvalue weighted by Gasteiger charge is -2.07. The van der Waals surface area contributed by atoms with E-state index in [0.717, 1.165) is 10.9 Å². The van der Waals surface area contributed by atoms with Crippen LogP contribution in [0.25, 0.3) is 10.9 Å². The minimum atomic E-state index is 0.00357. The van der Waals surface area contributed by atoms with E-state index in [0.29, 0.717) is 5.69 Å². The molecular weight excluding hydrogens is 212 g/mol. The number of rotatable bonds is 1. The van der Waals surface area contributed by atoms with E-state index in [1.807, 2.05) is 39.0 Å². The van der Waals surface area contributed by atoms with Gasteiger partial charge >= 0.3 is 0 Å². The van der Waals surface area contributed by atoms with Gasteiger partial charge in [0.2, 0.25) is 0 Å². The van der Waals surface area contributed by atoms with Crippen molar-refractivity contribution in [1.82, 2.24) is 9.88 Å². The van der Waals surface area contributed by atoms with Crippen LogP contribution in [0, 0.1) is 6.92 Å². The number of nitrogens with zero attached hydrogens (tertiary/aromatic N) is 1. The van der Waals surface area contributed by atoms with Crippen LogP contribution in [0.1, 0.15) is 29.9 Å². The lowest BCUT2D eigenvalue weighted by atomic mass is 10.2. The first-order valence-corrected chi connectivity index (χ1v) is 5.89. The number of aromatic amines is 1. The van der Waals surface area contributed by atoms with Crippen LogP contribution in [-0.4, -0.2) is 29.9 Å². The van der Waals surface area contributed by atoms with E-state index in [-0.39, 0.29) is 5.91 Å². The van der Waals surface area contributed by atoms with Crippen molar-refractivity contribution in [2.75, 3.05) is 14.1 Å². The van der Waals surface area contributed by atoms with Crippen LogP contribution in [0.3, 0.4) is 0 Å². The molecule has 0 aliphatic carbocycles. The van der Waals surface area contributed by atoms with Gasteiger partial charge < -0.3 is 9.88 Å². The molecule has 3 nitrogen and oxygen atoms in total. The number of H-pyrrole nitrogens is 1. The van der Waals surface area contributed by atoms with Crippen molar-refractivity contribution in [2.24, 2.45) is 0 Å². The molecule has 0 unspecified atom stereocenters. The molecule has 92 valence electrons. The molecule has 2 rings (SSSR count). The molecule has 0 bridgehead atoms. The third-order valence-electron chi connectivity index (χ3n) is 2.41. The van der Waals surface area contributed by atoms with Crippen LogP contribution >= 0.6 is 0 Å². The first kappa shape index (κ1) is 13.3. The Morgan fingerprint density at radius 2 is 1.82 bits per heavy atom. The average Bonchev–Trinajstić information content (AvgIpc) is 2.73. The molecule has 1 amide bonds. The lowest BCUT2D eigenvalue weighted by molar-refractivity contribution is 0.0823. The zero-order valence-electron chi connectivity index (χ0n) is 11.2. The number of benzene rings is 1. The van der Waals surface area contributed by atoms with Gasteiger partial charge in [0.05, 0.1) is 0 Å². The molecule has 2 aromatic rings. The highest BCUT2D eigenvalue weighted by molar-refractivity contribution is 5.97. The predicted octanol–water partition coefficient (Wildman–Crippen LogP) is 3.20. The molecule has 1 aromatic carbocycles. The average molecular weight is 232 g/mol. The summed E-state index contributed by atoms with van der Waals surface area (Å²) < 4.78 is 0.